The second-order valence-corrected chi connectivity index (χ2v) is 7.28. The van der Waals surface area contributed by atoms with Crippen molar-refractivity contribution in [1.82, 2.24) is 9.88 Å². The Bertz CT molecular complexity index is 1040. The third kappa shape index (κ3) is 4.37. The second kappa shape index (κ2) is 8.31. The van der Waals surface area contributed by atoms with Gasteiger partial charge in [-0.2, -0.15) is 0 Å². The van der Waals surface area contributed by atoms with Gasteiger partial charge >= 0.3 is 0 Å². The predicted octanol–water partition coefficient (Wildman–Crippen LogP) is 2.95. The number of nitrogens with zero attached hydrogens (tertiary/aromatic N) is 2. The number of benzene rings is 2. The Kier molecular flexibility index (Phi) is 5.42. The SMILES string of the molecule is NC(=O)c1cc(OC2CCCN(C(=O)Cc3cccc4ccccc34)C2)ccn1. The van der Waals surface area contributed by atoms with E-state index in [2.05, 4.69) is 23.2 Å². The van der Waals surface area contributed by atoms with E-state index in [0.717, 1.165) is 35.7 Å². The summed E-state index contributed by atoms with van der Waals surface area (Å²) >= 11 is 0. The van der Waals surface area contributed by atoms with Crippen molar-refractivity contribution in [3.63, 3.8) is 0 Å². The summed E-state index contributed by atoms with van der Waals surface area (Å²) < 4.78 is 6.01. The number of hydrogen-bond donors (Lipinski definition) is 1. The van der Waals surface area contributed by atoms with Gasteiger partial charge in [-0.1, -0.05) is 42.5 Å². The van der Waals surface area contributed by atoms with Crippen LogP contribution in [0.1, 0.15) is 28.9 Å². The first-order chi connectivity index (χ1) is 14.1. The molecule has 1 atom stereocenters. The summed E-state index contributed by atoms with van der Waals surface area (Å²) in [7, 11) is 0. The number of fused-ring (bicyclic) bond motifs is 1. The summed E-state index contributed by atoms with van der Waals surface area (Å²) in [6.45, 7) is 1.25. The largest absolute Gasteiger partial charge is 0.488 e. The van der Waals surface area contributed by atoms with Gasteiger partial charge in [0.25, 0.3) is 5.91 Å². The van der Waals surface area contributed by atoms with E-state index in [1.807, 2.05) is 29.2 Å². The van der Waals surface area contributed by atoms with Crippen LogP contribution in [0, 0.1) is 0 Å². The van der Waals surface area contributed by atoms with Gasteiger partial charge in [0, 0.05) is 18.8 Å². The van der Waals surface area contributed by atoms with Gasteiger partial charge in [-0.25, -0.2) is 0 Å². The maximum atomic E-state index is 13.0. The van der Waals surface area contributed by atoms with Crippen molar-refractivity contribution < 1.29 is 14.3 Å². The first-order valence-corrected chi connectivity index (χ1v) is 9.77. The predicted molar refractivity (Wildman–Crippen MR) is 111 cm³/mol. The van der Waals surface area contributed by atoms with Crippen LogP contribution in [0.25, 0.3) is 10.8 Å². The van der Waals surface area contributed by atoms with E-state index < -0.39 is 5.91 Å². The molecule has 1 unspecified atom stereocenters. The second-order valence-electron chi connectivity index (χ2n) is 7.28. The normalized spacial score (nSPS) is 16.6. The van der Waals surface area contributed by atoms with Crippen LogP contribution in [0.5, 0.6) is 5.75 Å². The van der Waals surface area contributed by atoms with E-state index in [-0.39, 0.29) is 17.7 Å². The molecule has 1 fully saturated rings. The Balaban J connectivity index is 1.43. The molecule has 1 aliphatic rings. The molecule has 1 aromatic heterocycles. The summed E-state index contributed by atoms with van der Waals surface area (Å²) in [5, 5.41) is 2.25. The molecule has 0 bridgehead atoms. The molecule has 4 rings (SSSR count). The molecule has 6 heteroatoms. The van der Waals surface area contributed by atoms with E-state index in [1.54, 1.807) is 12.1 Å². The highest BCUT2D eigenvalue weighted by molar-refractivity contribution is 5.91. The fraction of sp³-hybridized carbons (Fsp3) is 0.261. The maximum absolute atomic E-state index is 13.0. The fourth-order valence-corrected chi connectivity index (χ4v) is 3.79. The van der Waals surface area contributed by atoms with Crippen LogP contribution in [0.3, 0.4) is 0 Å². The van der Waals surface area contributed by atoms with Crippen LogP contribution >= 0.6 is 0 Å². The molecule has 2 aromatic carbocycles. The van der Waals surface area contributed by atoms with Crippen molar-refractivity contribution in [1.29, 1.82) is 0 Å². The van der Waals surface area contributed by atoms with Gasteiger partial charge in [0.15, 0.2) is 0 Å². The van der Waals surface area contributed by atoms with Gasteiger partial charge in [-0.3, -0.25) is 14.6 Å². The topological polar surface area (TPSA) is 85.5 Å². The number of ether oxygens (including phenoxy) is 1. The molecule has 0 spiro atoms. The molecular weight excluding hydrogens is 366 g/mol. The highest BCUT2D eigenvalue weighted by Gasteiger charge is 2.25. The number of pyridine rings is 1. The molecule has 148 valence electrons. The van der Waals surface area contributed by atoms with Gasteiger partial charge in [-0.15, -0.1) is 0 Å². The van der Waals surface area contributed by atoms with Gasteiger partial charge in [-0.05, 0) is 35.2 Å². The van der Waals surface area contributed by atoms with Crippen molar-refractivity contribution in [3.05, 3.63) is 72.1 Å². The number of nitrogens with two attached hydrogens (primary N) is 1. The smallest absolute Gasteiger partial charge is 0.267 e. The van der Waals surface area contributed by atoms with Crippen LogP contribution in [0.4, 0.5) is 0 Å². The van der Waals surface area contributed by atoms with Gasteiger partial charge < -0.3 is 15.4 Å². The number of carbonyl (C=O) groups is 2. The zero-order valence-corrected chi connectivity index (χ0v) is 16.1. The molecule has 3 aromatic rings. The van der Waals surface area contributed by atoms with Crippen molar-refractivity contribution in [3.8, 4) is 5.75 Å². The van der Waals surface area contributed by atoms with Gasteiger partial charge in [0.1, 0.15) is 17.5 Å². The van der Waals surface area contributed by atoms with Crippen molar-refractivity contribution in [2.45, 2.75) is 25.4 Å². The molecule has 0 saturated carbocycles. The molecule has 1 aliphatic heterocycles. The summed E-state index contributed by atoms with van der Waals surface area (Å²) in [6, 6.07) is 17.4. The summed E-state index contributed by atoms with van der Waals surface area (Å²) in [4.78, 5) is 30.1. The van der Waals surface area contributed by atoms with Crippen LogP contribution in [-0.2, 0) is 11.2 Å². The number of aromatic nitrogens is 1. The van der Waals surface area contributed by atoms with Gasteiger partial charge in [0.2, 0.25) is 5.91 Å². The molecule has 2 heterocycles. The van der Waals surface area contributed by atoms with Crippen LogP contribution in [-0.4, -0.2) is 40.9 Å². The molecule has 29 heavy (non-hydrogen) atoms. The maximum Gasteiger partial charge on any atom is 0.267 e. The lowest BCUT2D eigenvalue weighted by Crippen LogP contribution is -2.45. The minimum atomic E-state index is -0.592. The first-order valence-electron chi connectivity index (χ1n) is 9.77. The summed E-state index contributed by atoms with van der Waals surface area (Å²) in [5.74, 6) is 0.0512. The average molecular weight is 389 g/mol. The van der Waals surface area contributed by atoms with Crippen LogP contribution in [0.15, 0.2) is 60.8 Å². The first kappa shape index (κ1) is 18.9. The number of primary amides is 1. The summed E-state index contributed by atoms with van der Waals surface area (Å²) in [6.07, 6.45) is 3.48. The van der Waals surface area contributed by atoms with E-state index >= 15 is 0 Å². The van der Waals surface area contributed by atoms with Crippen molar-refractivity contribution >= 4 is 22.6 Å². The molecule has 6 nitrogen and oxygen atoms in total. The van der Waals surface area contributed by atoms with Crippen molar-refractivity contribution in [2.24, 2.45) is 5.73 Å². The summed E-state index contributed by atoms with van der Waals surface area (Å²) in [5.41, 5.74) is 6.49. The van der Waals surface area contributed by atoms with Crippen molar-refractivity contribution in [2.75, 3.05) is 13.1 Å². The Labute approximate surface area is 169 Å². The average Bonchev–Trinajstić information content (AvgIpc) is 2.74. The van der Waals surface area contributed by atoms with E-state index in [9.17, 15) is 9.59 Å². The minimum absolute atomic E-state index is 0.0993. The fourth-order valence-electron chi connectivity index (χ4n) is 3.79. The van der Waals surface area contributed by atoms with Crippen LogP contribution < -0.4 is 10.5 Å². The number of hydrogen-bond acceptors (Lipinski definition) is 4. The zero-order valence-electron chi connectivity index (χ0n) is 16.1. The van der Waals surface area contributed by atoms with Gasteiger partial charge in [0.05, 0.1) is 13.0 Å². The highest BCUT2D eigenvalue weighted by atomic mass is 16.5. The Morgan fingerprint density at radius 1 is 1.14 bits per heavy atom. The monoisotopic (exact) mass is 389 g/mol. The number of rotatable bonds is 5. The minimum Gasteiger partial charge on any atom is -0.488 e. The molecule has 1 saturated heterocycles. The number of likely N-dealkylation sites (tertiary alicyclic amines) is 1. The Hall–Kier alpha value is -3.41. The standard InChI is InChI=1S/C23H23N3O3/c24-23(28)21-14-18(10-11-25-21)29-19-8-4-12-26(15-19)22(27)13-17-7-3-6-16-5-1-2-9-20(16)17/h1-3,5-7,9-11,14,19H,4,8,12-13,15H2,(H2,24,28). The molecule has 2 amide bonds. The van der Waals surface area contributed by atoms with E-state index in [4.69, 9.17) is 10.5 Å². The van der Waals surface area contributed by atoms with Crippen LogP contribution in [0.2, 0.25) is 0 Å². The Morgan fingerprint density at radius 3 is 2.83 bits per heavy atom. The van der Waals surface area contributed by atoms with E-state index in [1.165, 1.54) is 6.20 Å². The molecule has 2 N–H and O–H groups in total. The Morgan fingerprint density at radius 2 is 1.97 bits per heavy atom. The quantitative estimate of drug-likeness (QED) is 0.727. The zero-order chi connectivity index (χ0) is 20.2. The third-order valence-electron chi connectivity index (χ3n) is 5.24. The number of carbonyl (C=O) groups excluding carboxylic acids is 2. The molecular formula is C23H23N3O3. The highest BCUT2D eigenvalue weighted by Crippen LogP contribution is 2.22. The van der Waals surface area contributed by atoms with E-state index in [0.29, 0.717) is 18.7 Å². The number of piperidine rings is 1. The lowest BCUT2D eigenvalue weighted by atomic mass is 10.0. The third-order valence-corrected chi connectivity index (χ3v) is 5.24. The molecule has 0 radical (unpaired) electrons. The lowest BCUT2D eigenvalue weighted by Gasteiger charge is -2.33. The number of amides is 2. The lowest BCUT2D eigenvalue weighted by molar-refractivity contribution is -0.133. The molecule has 0 aliphatic carbocycles.